The van der Waals surface area contributed by atoms with Crippen molar-refractivity contribution in [3.63, 3.8) is 0 Å². The van der Waals surface area contributed by atoms with Gasteiger partial charge in [-0.3, -0.25) is 9.59 Å². The minimum atomic E-state index is -0.674. The number of Topliss-reactive ketones (excluding diaryl/α,β-unsaturated/α-hetero) is 1. The van der Waals surface area contributed by atoms with Crippen LogP contribution >= 0.6 is 0 Å². The van der Waals surface area contributed by atoms with E-state index in [4.69, 9.17) is 9.47 Å². The first-order valence-electron chi connectivity index (χ1n) is 11.8. The van der Waals surface area contributed by atoms with Gasteiger partial charge in [0.15, 0.2) is 0 Å². The SMILES string of the molecule is CCCOc1ccc(/C(O)=C2\C(=O)C(=O)N(CCCN(C)C)[C@@H]2c2ccc(OCC)cc2)cc1. The van der Waals surface area contributed by atoms with E-state index in [0.29, 0.717) is 43.2 Å². The normalized spacial score (nSPS) is 17.4. The van der Waals surface area contributed by atoms with Gasteiger partial charge in [0.2, 0.25) is 0 Å². The number of benzene rings is 2. The van der Waals surface area contributed by atoms with Crippen molar-refractivity contribution in [2.75, 3.05) is 40.4 Å². The fraction of sp³-hybridized carbons (Fsp3) is 0.407. The Balaban J connectivity index is 2.01. The molecule has 34 heavy (non-hydrogen) atoms. The van der Waals surface area contributed by atoms with Gasteiger partial charge in [-0.25, -0.2) is 0 Å². The average molecular weight is 467 g/mol. The molecule has 1 aliphatic rings. The summed E-state index contributed by atoms with van der Waals surface area (Å²) in [4.78, 5) is 29.7. The van der Waals surface area contributed by atoms with Crippen LogP contribution in [0.1, 0.15) is 43.9 Å². The van der Waals surface area contributed by atoms with Crippen LogP contribution in [0.5, 0.6) is 11.5 Å². The molecule has 0 saturated carbocycles. The lowest BCUT2D eigenvalue weighted by Gasteiger charge is -2.26. The third-order valence-electron chi connectivity index (χ3n) is 5.65. The lowest BCUT2D eigenvalue weighted by molar-refractivity contribution is -0.139. The molecule has 0 bridgehead atoms. The zero-order chi connectivity index (χ0) is 24.7. The van der Waals surface area contributed by atoms with Gasteiger partial charge in [-0.05, 0) is 82.4 Å². The first kappa shape index (κ1) is 25.3. The molecule has 2 aromatic rings. The molecule has 1 aliphatic heterocycles. The second-order valence-corrected chi connectivity index (χ2v) is 8.52. The highest BCUT2D eigenvalue weighted by molar-refractivity contribution is 6.46. The highest BCUT2D eigenvalue weighted by Crippen LogP contribution is 2.40. The first-order valence-corrected chi connectivity index (χ1v) is 11.8. The number of carbonyl (C=O) groups excluding carboxylic acids is 2. The maximum Gasteiger partial charge on any atom is 0.295 e. The van der Waals surface area contributed by atoms with Crippen molar-refractivity contribution in [2.24, 2.45) is 0 Å². The smallest absolute Gasteiger partial charge is 0.295 e. The monoisotopic (exact) mass is 466 g/mol. The van der Waals surface area contributed by atoms with Crippen LogP contribution in [0.3, 0.4) is 0 Å². The summed E-state index contributed by atoms with van der Waals surface area (Å²) in [6.45, 7) is 6.26. The number of ketones is 1. The Morgan fingerprint density at radius 2 is 1.59 bits per heavy atom. The lowest BCUT2D eigenvalue weighted by atomic mass is 9.95. The Kier molecular flexibility index (Phi) is 8.71. The molecule has 1 fully saturated rings. The molecule has 3 rings (SSSR count). The Morgan fingerprint density at radius 1 is 0.971 bits per heavy atom. The molecule has 1 saturated heterocycles. The summed E-state index contributed by atoms with van der Waals surface area (Å²) in [6.07, 6.45) is 1.60. The Morgan fingerprint density at radius 3 is 2.18 bits per heavy atom. The molecule has 1 amide bonds. The molecule has 0 aliphatic carbocycles. The minimum Gasteiger partial charge on any atom is -0.507 e. The van der Waals surface area contributed by atoms with Gasteiger partial charge in [-0.2, -0.15) is 0 Å². The molecule has 1 heterocycles. The van der Waals surface area contributed by atoms with E-state index in [1.807, 2.05) is 57.1 Å². The van der Waals surface area contributed by atoms with Crippen LogP contribution in [-0.4, -0.2) is 67.0 Å². The van der Waals surface area contributed by atoms with E-state index in [1.165, 1.54) is 0 Å². The number of likely N-dealkylation sites (tertiary alicyclic amines) is 1. The largest absolute Gasteiger partial charge is 0.507 e. The number of carbonyl (C=O) groups is 2. The van der Waals surface area contributed by atoms with Crippen LogP contribution in [0.15, 0.2) is 54.1 Å². The summed E-state index contributed by atoms with van der Waals surface area (Å²) in [7, 11) is 3.93. The van der Waals surface area contributed by atoms with Crippen molar-refractivity contribution < 1.29 is 24.2 Å². The van der Waals surface area contributed by atoms with E-state index < -0.39 is 17.7 Å². The standard InChI is InChI=1S/C27H34N2O5/c1-5-18-34-22-14-10-20(11-15-22)25(30)23-24(19-8-12-21(13-9-19)33-6-2)29(27(32)26(23)31)17-7-16-28(3)4/h8-15,24,30H,5-7,16-18H2,1-4H3/b25-23+/t24-/m1/s1. The maximum absolute atomic E-state index is 13.1. The molecule has 1 N–H and O–H groups in total. The number of hydrogen-bond donors (Lipinski definition) is 1. The third-order valence-corrected chi connectivity index (χ3v) is 5.65. The molecule has 0 aromatic heterocycles. The zero-order valence-corrected chi connectivity index (χ0v) is 20.4. The first-order chi connectivity index (χ1) is 16.4. The summed E-state index contributed by atoms with van der Waals surface area (Å²) in [6, 6.07) is 13.6. The van der Waals surface area contributed by atoms with Crippen LogP contribution < -0.4 is 9.47 Å². The number of nitrogens with zero attached hydrogens (tertiary/aromatic N) is 2. The van der Waals surface area contributed by atoms with Gasteiger partial charge < -0.3 is 24.4 Å². The van der Waals surface area contributed by atoms with Crippen LogP contribution in [0, 0.1) is 0 Å². The van der Waals surface area contributed by atoms with Crippen molar-refractivity contribution in [3.05, 3.63) is 65.2 Å². The van der Waals surface area contributed by atoms with Crippen molar-refractivity contribution in [1.82, 2.24) is 9.80 Å². The summed E-state index contributed by atoms with van der Waals surface area (Å²) in [5.74, 6) is -0.0619. The molecule has 182 valence electrons. The molecule has 0 spiro atoms. The number of ether oxygens (including phenoxy) is 2. The summed E-state index contributed by atoms with van der Waals surface area (Å²) in [5, 5.41) is 11.2. The third kappa shape index (κ3) is 5.78. The number of aliphatic hydroxyl groups excluding tert-OH is 1. The molecule has 7 nitrogen and oxygen atoms in total. The average Bonchev–Trinajstić information content (AvgIpc) is 3.08. The van der Waals surface area contributed by atoms with Gasteiger partial charge in [-0.1, -0.05) is 19.1 Å². The van der Waals surface area contributed by atoms with E-state index in [9.17, 15) is 14.7 Å². The van der Waals surface area contributed by atoms with E-state index >= 15 is 0 Å². The second-order valence-electron chi connectivity index (χ2n) is 8.52. The second kappa shape index (κ2) is 11.7. The van der Waals surface area contributed by atoms with E-state index in [1.54, 1.807) is 29.2 Å². The number of amides is 1. The Hall–Kier alpha value is -3.32. The van der Waals surface area contributed by atoms with Gasteiger partial charge >= 0.3 is 0 Å². The molecule has 2 aromatic carbocycles. The van der Waals surface area contributed by atoms with Gasteiger partial charge in [0.25, 0.3) is 11.7 Å². The van der Waals surface area contributed by atoms with Crippen molar-refractivity contribution in [2.45, 2.75) is 32.7 Å². The van der Waals surface area contributed by atoms with Crippen LogP contribution in [0.25, 0.3) is 5.76 Å². The molecule has 7 heteroatoms. The highest BCUT2D eigenvalue weighted by atomic mass is 16.5. The predicted octanol–water partition coefficient (Wildman–Crippen LogP) is 4.25. The zero-order valence-electron chi connectivity index (χ0n) is 20.4. The number of aliphatic hydroxyl groups is 1. The van der Waals surface area contributed by atoms with Crippen LogP contribution in [0.2, 0.25) is 0 Å². The van der Waals surface area contributed by atoms with Gasteiger partial charge in [0, 0.05) is 12.1 Å². The summed E-state index contributed by atoms with van der Waals surface area (Å²) < 4.78 is 11.2. The molecule has 1 atom stereocenters. The van der Waals surface area contributed by atoms with Crippen LogP contribution in [0.4, 0.5) is 0 Å². The Bertz CT molecular complexity index is 1010. The highest BCUT2D eigenvalue weighted by Gasteiger charge is 2.45. The quantitative estimate of drug-likeness (QED) is 0.303. The molecule has 0 radical (unpaired) electrons. The van der Waals surface area contributed by atoms with Gasteiger partial charge in [-0.15, -0.1) is 0 Å². The lowest BCUT2D eigenvalue weighted by Crippen LogP contribution is -2.32. The fourth-order valence-electron chi connectivity index (χ4n) is 4.01. The minimum absolute atomic E-state index is 0.0984. The van der Waals surface area contributed by atoms with Crippen LogP contribution in [-0.2, 0) is 9.59 Å². The number of hydrogen-bond acceptors (Lipinski definition) is 6. The van der Waals surface area contributed by atoms with Crippen molar-refractivity contribution in [1.29, 1.82) is 0 Å². The summed E-state index contributed by atoms with van der Waals surface area (Å²) >= 11 is 0. The van der Waals surface area contributed by atoms with E-state index in [0.717, 1.165) is 18.5 Å². The van der Waals surface area contributed by atoms with Gasteiger partial charge in [0.1, 0.15) is 17.3 Å². The van der Waals surface area contributed by atoms with Gasteiger partial charge in [0.05, 0.1) is 24.8 Å². The van der Waals surface area contributed by atoms with E-state index in [2.05, 4.69) is 0 Å². The molecule has 0 unspecified atom stereocenters. The maximum atomic E-state index is 13.1. The van der Waals surface area contributed by atoms with Crippen molar-refractivity contribution in [3.8, 4) is 11.5 Å². The predicted molar refractivity (Wildman–Crippen MR) is 132 cm³/mol. The molecular weight excluding hydrogens is 432 g/mol. The van der Waals surface area contributed by atoms with Crippen molar-refractivity contribution >= 4 is 17.4 Å². The number of rotatable bonds is 11. The molecular formula is C27H34N2O5. The topological polar surface area (TPSA) is 79.3 Å². The Labute approximate surface area is 201 Å². The van der Waals surface area contributed by atoms with E-state index in [-0.39, 0.29) is 11.3 Å². The fourth-order valence-corrected chi connectivity index (χ4v) is 4.01. The summed E-state index contributed by atoms with van der Waals surface area (Å²) in [5.41, 5.74) is 1.31.